The van der Waals surface area contributed by atoms with Gasteiger partial charge >= 0.3 is 0 Å². The zero-order valence-electron chi connectivity index (χ0n) is 18.5. The molecule has 0 unspecified atom stereocenters. The molecular weight excluding hydrogens is 428 g/mol. The van der Waals surface area contributed by atoms with Gasteiger partial charge < -0.3 is 20.5 Å². The second kappa shape index (κ2) is 10.6. The average Bonchev–Trinajstić information content (AvgIpc) is 2.87. The number of para-hydroxylation sites is 1. The van der Waals surface area contributed by atoms with Crippen LogP contribution < -0.4 is 20.5 Å². The maximum Gasteiger partial charge on any atom is 0.232 e. The number of nitrogens with zero attached hydrogens (tertiary/aromatic N) is 4. The minimum Gasteiger partial charge on any atom is -0.493 e. The van der Waals surface area contributed by atoms with E-state index >= 15 is 0 Å². The van der Waals surface area contributed by atoms with E-state index < -0.39 is 0 Å². The second-order valence-electron chi connectivity index (χ2n) is 7.19. The number of nitrogens with two attached hydrogens (primary N) is 1. The number of aromatic nitrogens is 3. The highest BCUT2D eigenvalue weighted by molar-refractivity contribution is 5.87. The second-order valence-corrected chi connectivity index (χ2v) is 7.19. The smallest absolute Gasteiger partial charge is 0.232 e. The van der Waals surface area contributed by atoms with Crippen LogP contribution in [0.4, 0.5) is 17.6 Å². The van der Waals surface area contributed by atoms with Gasteiger partial charge in [-0.2, -0.15) is 20.2 Å². The molecule has 168 valence electrons. The van der Waals surface area contributed by atoms with Crippen molar-refractivity contribution in [3.05, 3.63) is 95.8 Å². The van der Waals surface area contributed by atoms with E-state index in [0.29, 0.717) is 18.1 Å². The fraction of sp³-hybridized carbons (Fsp3) is 0.0769. The number of hydrogen-bond acceptors (Lipinski definition) is 8. The fourth-order valence-corrected chi connectivity index (χ4v) is 3.16. The first kappa shape index (κ1) is 22.3. The van der Waals surface area contributed by atoms with Crippen LogP contribution in [0.2, 0.25) is 0 Å². The van der Waals surface area contributed by atoms with Crippen LogP contribution >= 0.6 is 0 Å². The highest BCUT2D eigenvalue weighted by Gasteiger charge is 2.12. The van der Waals surface area contributed by atoms with Crippen LogP contribution in [0.25, 0.3) is 11.6 Å². The lowest BCUT2D eigenvalue weighted by Gasteiger charge is -2.11. The zero-order valence-corrected chi connectivity index (χ0v) is 18.5. The van der Waals surface area contributed by atoms with E-state index in [1.165, 1.54) is 0 Å². The van der Waals surface area contributed by atoms with Crippen molar-refractivity contribution in [2.24, 2.45) is 0 Å². The fourth-order valence-electron chi connectivity index (χ4n) is 3.16. The van der Waals surface area contributed by atoms with Gasteiger partial charge in [0, 0.05) is 5.69 Å². The van der Waals surface area contributed by atoms with Gasteiger partial charge in [0.2, 0.25) is 11.9 Å². The molecule has 1 aromatic heterocycles. The third-order valence-corrected chi connectivity index (χ3v) is 4.78. The first-order valence-corrected chi connectivity index (χ1v) is 10.4. The number of ether oxygens (including phenoxy) is 2. The monoisotopic (exact) mass is 450 g/mol. The summed E-state index contributed by atoms with van der Waals surface area (Å²) in [4.78, 5) is 12.6. The lowest BCUT2D eigenvalue weighted by atomic mass is 10.1. The lowest BCUT2D eigenvalue weighted by molar-refractivity contribution is 0.284. The molecule has 0 atom stereocenters. The van der Waals surface area contributed by atoms with Gasteiger partial charge in [-0.15, -0.1) is 0 Å². The van der Waals surface area contributed by atoms with Crippen LogP contribution in [0.1, 0.15) is 17.0 Å². The van der Waals surface area contributed by atoms with Crippen molar-refractivity contribution in [2.45, 2.75) is 6.61 Å². The number of rotatable bonds is 8. The van der Waals surface area contributed by atoms with Gasteiger partial charge in [-0.3, -0.25) is 0 Å². The summed E-state index contributed by atoms with van der Waals surface area (Å²) in [5.41, 5.74) is 8.65. The predicted molar refractivity (Wildman–Crippen MR) is 131 cm³/mol. The molecule has 0 aliphatic rings. The summed E-state index contributed by atoms with van der Waals surface area (Å²) >= 11 is 0. The lowest BCUT2D eigenvalue weighted by Crippen LogP contribution is -2.06. The number of anilines is 3. The minimum absolute atomic E-state index is 0.00632. The summed E-state index contributed by atoms with van der Waals surface area (Å²) < 4.78 is 11.4. The van der Waals surface area contributed by atoms with E-state index in [2.05, 4.69) is 26.3 Å². The molecule has 0 amide bonds. The Kier molecular flexibility index (Phi) is 6.96. The van der Waals surface area contributed by atoms with E-state index in [1.807, 2.05) is 66.7 Å². The van der Waals surface area contributed by atoms with Crippen LogP contribution in [0.5, 0.6) is 11.5 Å². The van der Waals surface area contributed by atoms with Crippen molar-refractivity contribution >= 4 is 29.2 Å². The Morgan fingerprint density at radius 1 is 0.971 bits per heavy atom. The van der Waals surface area contributed by atoms with Crippen LogP contribution in [0, 0.1) is 11.3 Å². The Balaban J connectivity index is 1.58. The quantitative estimate of drug-likeness (QED) is 0.366. The molecule has 3 N–H and O–H groups in total. The summed E-state index contributed by atoms with van der Waals surface area (Å²) in [7, 11) is 1.57. The normalized spacial score (nSPS) is 10.9. The molecule has 8 heteroatoms. The van der Waals surface area contributed by atoms with Crippen molar-refractivity contribution in [2.75, 3.05) is 18.2 Å². The number of nitriles is 1. The number of allylic oxidation sites excluding steroid dienone is 1. The maximum absolute atomic E-state index is 9.77. The Bertz CT molecular complexity index is 1330. The summed E-state index contributed by atoms with van der Waals surface area (Å²) in [5.74, 6) is 1.56. The summed E-state index contributed by atoms with van der Waals surface area (Å²) in [5, 5.41) is 12.8. The number of benzene rings is 3. The van der Waals surface area contributed by atoms with Gasteiger partial charge in [-0.05, 0) is 41.5 Å². The Labute approximate surface area is 197 Å². The van der Waals surface area contributed by atoms with E-state index in [0.717, 1.165) is 16.8 Å². The molecule has 1 heterocycles. The topological polar surface area (TPSA) is 119 Å². The van der Waals surface area contributed by atoms with Gasteiger partial charge in [0.15, 0.2) is 17.3 Å². The van der Waals surface area contributed by atoms with Crippen LogP contribution in [0.15, 0.2) is 78.9 Å². The Hall–Kier alpha value is -4.90. The zero-order chi connectivity index (χ0) is 23.8. The number of hydrogen-bond donors (Lipinski definition) is 2. The SMILES string of the molecule is COc1cc(/C=C(\C#N)c2nc(N)nc(Nc3ccccc3)n2)ccc1OCc1ccccc1. The molecule has 8 nitrogen and oxygen atoms in total. The van der Waals surface area contributed by atoms with Crippen molar-refractivity contribution in [1.82, 2.24) is 15.0 Å². The van der Waals surface area contributed by atoms with Gasteiger partial charge in [0.1, 0.15) is 12.7 Å². The van der Waals surface area contributed by atoms with Gasteiger partial charge in [-0.1, -0.05) is 54.6 Å². The van der Waals surface area contributed by atoms with Gasteiger partial charge in [-0.25, -0.2) is 0 Å². The van der Waals surface area contributed by atoms with Crippen molar-refractivity contribution in [3.8, 4) is 17.6 Å². The van der Waals surface area contributed by atoms with Gasteiger partial charge in [0.05, 0.1) is 12.7 Å². The van der Waals surface area contributed by atoms with Gasteiger partial charge in [0.25, 0.3) is 0 Å². The standard InChI is InChI=1S/C26H22N6O2/c1-33-23-15-19(12-13-22(23)34-17-18-8-4-2-5-9-18)14-20(16-27)24-30-25(28)32-26(31-24)29-21-10-6-3-7-11-21/h2-15H,17H2,1H3,(H3,28,29,30,31,32)/b20-14+. The number of nitrogen functional groups attached to an aromatic ring is 1. The minimum atomic E-state index is 0.00632. The predicted octanol–water partition coefficient (Wildman–Crippen LogP) is 4.85. The number of nitrogens with one attached hydrogen (secondary N) is 1. The molecule has 0 fully saturated rings. The van der Waals surface area contributed by atoms with E-state index in [1.54, 1.807) is 25.3 Å². The van der Waals surface area contributed by atoms with E-state index in [-0.39, 0.29) is 23.3 Å². The van der Waals surface area contributed by atoms with Crippen LogP contribution in [0.3, 0.4) is 0 Å². The highest BCUT2D eigenvalue weighted by atomic mass is 16.5. The molecule has 0 saturated carbocycles. The third-order valence-electron chi connectivity index (χ3n) is 4.78. The largest absolute Gasteiger partial charge is 0.493 e. The molecule has 0 bridgehead atoms. The Morgan fingerprint density at radius 2 is 1.71 bits per heavy atom. The number of methoxy groups -OCH3 is 1. The van der Waals surface area contributed by atoms with Crippen molar-refractivity contribution in [1.29, 1.82) is 5.26 Å². The van der Waals surface area contributed by atoms with E-state index in [4.69, 9.17) is 15.2 Å². The molecule has 0 aliphatic heterocycles. The molecule has 0 radical (unpaired) electrons. The molecular formula is C26H22N6O2. The average molecular weight is 451 g/mol. The summed E-state index contributed by atoms with van der Waals surface area (Å²) in [6.07, 6.45) is 1.66. The van der Waals surface area contributed by atoms with Crippen molar-refractivity contribution in [3.63, 3.8) is 0 Å². The van der Waals surface area contributed by atoms with Crippen molar-refractivity contribution < 1.29 is 9.47 Å². The van der Waals surface area contributed by atoms with Crippen LogP contribution in [-0.2, 0) is 6.61 Å². The Morgan fingerprint density at radius 3 is 2.41 bits per heavy atom. The summed E-state index contributed by atoms with van der Waals surface area (Å²) in [6.45, 7) is 0.414. The third kappa shape index (κ3) is 5.66. The molecule has 34 heavy (non-hydrogen) atoms. The molecule has 0 spiro atoms. The summed E-state index contributed by atoms with van der Waals surface area (Å²) in [6, 6.07) is 26.8. The molecule has 0 aliphatic carbocycles. The molecule has 0 saturated heterocycles. The van der Waals surface area contributed by atoms with E-state index in [9.17, 15) is 5.26 Å². The molecule has 3 aromatic carbocycles. The first-order chi connectivity index (χ1) is 16.6. The molecule has 4 aromatic rings. The first-order valence-electron chi connectivity index (χ1n) is 10.4. The maximum atomic E-state index is 9.77. The highest BCUT2D eigenvalue weighted by Crippen LogP contribution is 2.30. The molecule has 4 rings (SSSR count). The van der Waals surface area contributed by atoms with Crippen LogP contribution in [-0.4, -0.2) is 22.1 Å².